The van der Waals surface area contributed by atoms with Gasteiger partial charge in [0.1, 0.15) is 11.5 Å². The van der Waals surface area contributed by atoms with E-state index in [1.807, 2.05) is 0 Å². The van der Waals surface area contributed by atoms with Gasteiger partial charge in [0, 0.05) is 22.5 Å². The summed E-state index contributed by atoms with van der Waals surface area (Å²) in [4.78, 5) is 0. The van der Waals surface area contributed by atoms with E-state index in [4.69, 9.17) is 4.74 Å². The van der Waals surface area contributed by atoms with Crippen molar-refractivity contribution in [2.45, 2.75) is 112 Å². The molecule has 7 rings (SSSR count). The third kappa shape index (κ3) is 5.77. The number of rotatable bonds is 5. The number of ether oxygens (including phenoxy) is 1. The highest BCUT2D eigenvalue weighted by molar-refractivity contribution is 6.97. The van der Waals surface area contributed by atoms with Crippen LogP contribution in [0.4, 0.5) is 0 Å². The van der Waals surface area contributed by atoms with Gasteiger partial charge in [0.2, 0.25) is 0 Å². The van der Waals surface area contributed by atoms with Gasteiger partial charge in [0.25, 0.3) is 6.71 Å². The molecule has 0 bridgehead atoms. The second-order valence-corrected chi connectivity index (χ2v) is 17.7. The third-order valence-electron chi connectivity index (χ3n) is 11.0. The van der Waals surface area contributed by atoms with Crippen LogP contribution in [0.15, 0.2) is 91.0 Å². The summed E-state index contributed by atoms with van der Waals surface area (Å²) in [6.07, 6.45) is 0. The quantitative estimate of drug-likeness (QED) is 0.168. The molecule has 0 aliphatic carbocycles. The Morgan fingerprint density at radius 3 is 1.56 bits per heavy atom. The summed E-state index contributed by atoms with van der Waals surface area (Å²) in [6.45, 7) is 27.9. The SMILES string of the molecule is CC(C)c1cc(C(C)C)c(B2c3ccccc3Oc3cc(-n4c5ccc(C(C)(C)C)cc5c5cc(C(C)(C)C)ccc54)ccc32)c(C(C)C)c1. The standard InChI is InChI=1S/C47H54BNO/c1-28(2)31-23-35(29(3)4)45(36(24-31)30(5)6)48-39-15-13-14-16-43(39)50-44-27-34(19-20-40(44)48)49-41-21-17-32(46(7,8)9)25-37(41)38-26-33(47(10,11)12)18-22-42(38)49/h13-30H,1-12H3. The van der Waals surface area contributed by atoms with Gasteiger partial charge in [-0.2, -0.15) is 0 Å². The first kappa shape index (κ1) is 34.2. The van der Waals surface area contributed by atoms with E-state index in [1.54, 1.807) is 0 Å². The minimum absolute atomic E-state index is 0.0589. The maximum absolute atomic E-state index is 6.87. The minimum atomic E-state index is 0.0589. The number of para-hydroxylation sites is 1. The van der Waals surface area contributed by atoms with Gasteiger partial charge in [-0.3, -0.25) is 0 Å². The van der Waals surface area contributed by atoms with Crippen LogP contribution in [0.3, 0.4) is 0 Å². The number of benzene rings is 5. The molecular weight excluding hydrogens is 605 g/mol. The van der Waals surface area contributed by atoms with Crippen molar-refractivity contribution in [3.8, 4) is 17.2 Å². The predicted molar refractivity (Wildman–Crippen MR) is 218 cm³/mol. The Hall–Kier alpha value is -4.24. The van der Waals surface area contributed by atoms with Gasteiger partial charge in [0.15, 0.2) is 0 Å². The first-order valence-corrected chi connectivity index (χ1v) is 18.7. The molecule has 1 aliphatic rings. The van der Waals surface area contributed by atoms with Crippen LogP contribution in [-0.4, -0.2) is 11.3 Å². The van der Waals surface area contributed by atoms with E-state index in [0.717, 1.165) is 17.2 Å². The van der Waals surface area contributed by atoms with Crippen LogP contribution in [-0.2, 0) is 10.8 Å². The first-order valence-electron chi connectivity index (χ1n) is 18.7. The number of nitrogens with zero attached hydrogens (tertiary/aromatic N) is 1. The van der Waals surface area contributed by atoms with E-state index in [1.165, 1.54) is 66.0 Å². The van der Waals surface area contributed by atoms with E-state index in [0.29, 0.717) is 17.8 Å². The van der Waals surface area contributed by atoms with Crippen molar-refractivity contribution in [1.29, 1.82) is 0 Å². The maximum atomic E-state index is 6.87. The van der Waals surface area contributed by atoms with Crippen molar-refractivity contribution >= 4 is 44.9 Å². The summed E-state index contributed by atoms with van der Waals surface area (Å²) in [6, 6.07) is 34.7. The largest absolute Gasteiger partial charge is 0.458 e. The zero-order valence-corrected chi connectivity index (χ0v) is 32.3. The Kier molecular flexibility index (Phi) is 8.36. The van der Waals surface area contributed by atoms with Crippen LogP contribution >= 0.6 is 0 Å². The minimum Gasteiger partial charge on any atom is -0.458 e. The molecule has 2 nitrogen and oxygen atoms in total. The fourth-order valence-electron chi connectivity index (χ4n) is 7.98. The molecule has 0 saturated heterocycles. The summed E-state index contributed by atoms with van der Waals surface area (Å²) in [5, 5.41) is 2.60. The summed E-state index contributed by atoms with van der Waals surface area (Å²) >= 11 is 0. The number of fused-ring (bicyclic) bond motifs is 5. The first-order chi connectivity index (χ1) is 23.5. The highest BCUT2D eigenvalue weighted by Crippen LogP contribution is 2.39. The monoisotopic (exact) mass is 659 g/mol. The van der Waals surface area contributed by atoms with Crippen LogP contribution in [0.1, 0.15) is 129 Å². The molecule has 0 saturated carbocycles. The van der Waals surface area contributed by atoms with Gasteiger partial charge in [0.05, 0.1) is 11.0 Å². The molecule has 3 heteroatoms. The molecular formula is C47H54BNO. The third-order valence-corrected chi connectivity index (χ3v) is 11.0. The fraction of sp³-hybridized carbons (Fsp3) is 0.362. The Morgan fingerprint density at radius 1 is 0.540 bits per heavy atom. The highest BCUT2D eigenvalue weighted by atomic mass is 16.5. The van der Waals surface area contributed by atoms with Crippen molar-refractivity contribution in [2.24, 2.45) is 0 Å². The Labute approximate surface area is 301 Å². The Bertz CT molecular complexity index is 2150. The van der Waals surface area contributed by atoms with Crippen molar-refractivity contribution in [3.63, 3.8) is 0 Å². The van der Waals surface area contributed by atoms with Gasteiger partial charge in [-0.1, -0.05) is 137 Å². The summed E-state index contributed by atoms with van der Waals surface area (Å²) in [5.74, 6) is 3.16. The smallest absolute Gasteiger partial charge is 0.251 e. The van der Waals surface area contributed by atoms with Gasteiger partial charge in [-0.15, -0.1) is 0 Å². The Morgan fingerprint density at radius 2 is 1.06 bits per heavy atom. The topological polar surface area (TPSA) is 14.2 Å². The van der Waals surface area contributed by atoms with Crippen LogP contribution in [0.2, 0.25) is 0 Å². The molecule has 256 valence electrons. The lowest BCUT2D eigenvalue weighted by atomic mass is 9.34. The maximum Gasteiger partial charge on any atom is 0.251 e. The molecule has 2 heterocycles. The van der Waals surface area contributed by atoms with Crippen molar-refractivity contribution in [2.75, 3.05) is 0 Å². The van der Waals surface area contributed by atoms with Crippen molar-refractivity contribution < 1.29 is 4.74 Å². The van der Waals surface area contributed by atoms with Crippen LogP contribution in [0.25, 0.3) is 27.5 Å². The van der Waals surface area contributed by atoms with E-state index >= 15 is 0 Å². The zero-order valence-electron chi connectivity index (χ0n) is 32.3. The normalized spacial score (nSPS) is 13.5. The predicted octanol–water partition coefficient (Wildman–Crippen LogP) is 11.4. The second-order valence-electron chi connectivity index (χ2n) is 17.7. The summed E-state index contributed by atoms with van der Waals surface area (Å²) in [5.41, 5.74) is 14.6. The Balaban J connectivity index is 1.49. The summed E-state index contributed by atoms with van der Waals surface area (Å²) < 4.78 is 9.31. The molecule has 6 aromatic rings. The number of hydrogen-bond acceptors (Lipinski definition) is 1. The van der Waals surface area contributed by atoms with Crippen LogP contribution in [0.5, 0.6) is 11.5 Å². The van der Waals surface area contributed by atoms with Crippen LogP contribution < -0.4 is 21.1 Å². The molecule has 50 heavy (non-hydrogen) atoms. The molecule has 0 spiro atoms. The van der Waals surface area contributed by atoms with Gasteiger partial charge in [-0.05, 0) is 104 Å². The zero-order chi connectivity index (χ0) is 35.9. The van der Waals surface area contributed by atoms with Crippen molar-refractivity contribution in [3.05, 3.63) is 119 Å². The van der Waals surface area contributed by atoms with E-state index in [9.17, 15) is 0 Å². The average molecular weight is 660 g/mol. The molecule has 1 aliphatic heterocycles. The average Bonchev–Trinajstić information content (AvgIpc) is 3.38. The molecule has 0 radical (unpaired) electrons. The molecule has 0 amide bonds. The fourth-order valence-corrected chi connectivity index (χ4v) is 7.98. The number of aromatic nitrogens is 1. The lowest BCUT2D eigenvalue weighted by Crippen LogP contribution is -2.57. The van der Waals surface area contributed by atoms with Crippen molar-refractivity contribution in [1.82, 2.24) is 4.57 Å². The van der Waals surface area contributed by atoms with E-state index in [-0.39, 0.29) is 17.5 Å². The van der Waals surface area contributed by atoms with Crippen LogP contribution in [0, 0.1) is 0 Å². The lowest BCUT2D eigenvalue weighted by Gasteiger charge is -2.32. The second kappa shape index (κ2) is 12.2. The molecule has 5 aromatic carbocycles. The van der Waals surface area contributed by atoms with E-state index in [2.05, 4.69) is 179 Å². The number of hydrogen-bond donors (Lipinski definition) is 0. The lowest BCUT2D eigenvalue weighted by molar-refractivity contribution is 0.487. The summed E-state index contributed by atoms with van der Waals surface area (Å²) in [7, 11) is 0. The van der Waals surface area contributed by atoms with Gasteiger partial charge >= 0.3 is 0 Å². The molecule has 1 aromatic heterocycles. The highest BCUT2D eigenvalue weighted by Gasteiger charge is 2.37. The molecule has 0 N–H and O–H groups in total. The molecule has 0 unspecified atom stereocenters. The van der Waals surface area contributed by atoms with E-state index < -0.39 is 0 Å². The van der Waals surface area contributed by atoms with Gasteiger partial charge < -0.3 is 9.30 Å². The molecule has 0 fully saturated rings. The van der Waals surface area contributed by atoms with Gasteiger partial charge in [-0.25, -0.2) is 0 Å². The molecule has 0 atom stereocenters.